The fourth-order valence-electron chi connectivity index (χ4n) is 2.30. The minimum Gasteiger partial charge on any atom is -0.396 e. The van der Waals surface area contributed by atoms with Gasteiger partial charge in [0.1, 0.15) is 18.0 Å². The van der Waals surface area contributed by atoms with Crippen molar-refractivity contribution in [1.82, 2.24) is 9.97 Å². The summed E-state index contributed by atoms with van der Waals surface area (Å²) >= 11 is 0. The molecule has 0 radical (unpaired) electrons. The lowest BCUT2D eigenvalue weighted by molar-refractivity contribution is 0.288. The molecule has 1 heterocycles. The molecule has 1 aromatic heterocycles. The first-order valence-corrected chi connectivity index (χ1v) is 7.49. The summed E-state index contributed by atoms with van der Waals surface area (Å²) in [4.78, 5) is 11.1. The van der Waals surface area contributed by atoms with Gasteiger partial charge in [0, 0.05) is 31.3 Å². The van der Waals surface area contributed by atoms with Gasteiger partial charge in [-0.15, -0.1) is 0 Å². The first kappa shape index (κ1) is 16.7. The van der Waals surface area contributed by atoms with Gasteiger partial charge < -0.3 is 15.3 Å². The quantitative estimate of drug-likeness (QED) is 0.766. The van der Waals surface area contributed by atoms with Gasteiger partial charge in [-0.3, -0.25) is 0 Å². The molecule has 20 heavy (non-hydrogen) atoms. The summed E-state index contributed by atoms with van der Waals surface area (Å²) in [5.41, 5.74) is 1.15. The van der Waals surface area contributed by atoms with Crippen LogP contribution in [0.1, 0.15) is 52.5 Å². The minimum absolute atomic E-state index is 0.200. The summed E-state index contributed by atoms with van der Waals surface area (Å²) in [6.45, 7) is 12.5. The lowest BCUT2D eigenvalue weighted by atomic mass is 10.0. The normalized spacial score (nSPS) is 11.2. The number of aliphatic hydroxyl groups excluding tert-OH is 1. The van der Waals surface area contributed by atoms with Crippen molar-refractivity contribution >= 4 is 11.6 Å². The second-order valence-electron chi connectivity index (χ2n) is 5.51. The van der Waals surface area contributed by atoms with E-state index < -0.39 is 0 Å². The van der Waals surface area contributed by atoms with Crippen LogP contribution in [0.25, 0.3) is 0 Å². The van der Waals surface area contributed by atoms with Gasteiger partial charge in [-0.25, -0.2) is 9.97 Å². The zero-order valence-corrected chi connectivity index (χ0v) is 13.3. The van der Waals surface area contributed by atoms with Gasteiger partial charge in [-0.1, -0.05) is 13.8 Å². The highest BCUT2D eigenvalue weighted by Crippen LogP contribution is 2.31. The fraction of sp³-hybridized carbons (Fsp3) is 0.733. The molecule has 1 aromatic rings. The predicted molar refractivity (Wildman–Crippen MR) is 84.5 cm³/mol. The Kier molecular flexibility index (Phi) is 6.71. The van der Waals surface area contributed by atoms with Crippen molar-refractivity contribution in [3.63, 3.8) is 0 Å². The SMILES string of the molecule is CCNc1ncnc(N(CCCO)C(C)C)c1C(C)C. The smallest absolute Gasteiger partial charge is 0.137 e. The maximum atomic E-state index is 9.09. The maximum Gasteiger partial charge on any atom is 0.137 e. The van der Waals surface area contributed by atoms with Gasteiger partial charge in [-0.2, -0.15) is 0 Å². The van der Waals surface area contributed by atoms with Gasteiger partial charge in [0.2, 0.25) is 0 Å². The molecule has 0 aromatic carbocycles. The largest absolute Gasteiger partial charge is 0.396 e. The van der Waals surface area contributed by atoms with Crippen LogP contribution in [0, 0.1) is 0 Å². The second kappa shape index (κ2) is 8.04. The molecule has 0 spiro atoms. The number of rotatable bonds is 8. The molecule has 1 rings (SSSR count). The molecule has 0 unspecified atom stereocenters. The van der Waals surface area contributed by atoms with E-state index in [9.17, 15) is 0 Å². The summed E-state index contributed by atoms with van der Waals surface area (Å²) in [6.07, 6.45) is 2.36. The predicted octanol–water partition coefficient (Wildman–Crippen LogP) is 2.63. The third kappa shape index (κ3) is 4.07. The molecule has 0 fully saturated rings. The van der Waals surface area contributed by atoms with Gasteiger partial charge in [0.05, 0.1) is 0 Å². The van der Waals surface area contributed by atoms with Crippen molar-refractivity contribution in [2.24, 2.45) is 0 Å². The minimum atomic E-state index is 0.200. The molecule has 0 aliphatic heterocycles. The van der Waals surface area contributed by atoms with Crippen molar-refractivity contribution in [3.05, 3.63) is 11.9 Å². The summed E-state index contributed by atoms with van der Waals surface area (Å²) in [5.74, 6) is 2.24. The Hall–Kier alpha value is -1.36. The summed E-state index contributed by atoms with van der Waals surface area (Å²) < 4.78 is 0. The lowest BCUT2D eigenvalue weighted by Gasteiger charge is -2.31. The van der Waals surface area contributed by atoms with Crippen LogP contribution in [-0.2, 0) is 0 Å². The van der Waals surface area contributed by atoms with Crippen LogP contribution in [0.15, 0.2) is 6.33 Å². The fourth-order valence-corrected chi connectivity index (χ4v) is 2.30. The Morgan fingerprint density at radius 1 is 1.25 bits per heavy atom. The summed E-state index contributed by atoms with van der Waals surface area (Å²) in [7, 11) is 0. The third-order valence-electron chi connectivity index (χ3n) is 3.24. The number of aromatic nitrogens is 2. The molecule has 5 heteroatoms. The van der Waals surface area contributed by atoms with E-state index in [4.69, 9.17) is 5.11 Å². The molecule has 0 amide bonds. The second-order valence-corrected chi connectivity index (χ2v) is 5.51. The van der Waals surface area contributed by atoms with E-state index in [2.05, 4.69) is 54.8 Å². The van der Waals surface area contributed by atoms with Gasteiger partial charge in [0.25, 0.3) is 0 Å². The van der Waals surface area contributed by atoms with E-state index in [1.54, 1.807) is 6.33 Å². The number of hydrogen-bond donors (Lipinski definition) is 2. The Morgan fingerprint density at radius 2 is 1.95 bits per heavy atom. The highest BCUT2D eigenvalue weighted by molar-refractivity contribution is 5.60. The van der Waals surface area contributed by atoms with Crippen LogP contribution in [-0.4, -0.2) is 40.8 Å². The Morgan fingerprint density at radius 3 is 2.45 bits per heavy atom. The van der Waals surface area contributed by atoms with Crippen LogP contribution < -0.4 is 10.2 Å². The Balaban J connectivity index is 3.21. The average Bonchev–Trinajstić information content (AvgIpc) is 2.39. The van der Waals surface area contributed by atoms with Gasteiger partial charge in [0.15, 0.2) is 0 Å². The van der Waals surface area contributed by atoms with Crippen LogP contribution in [0.2, 0.25) is 0 Å². The van der Waals surface area contributed by atoms with E-state index in [1.165, 1.54) is 0 Å². The van der Waals surface area contributed by atoms with Gasteiger partial charge in [-0.05, 0) is 33.1 Å². The third-order valence-corrected chi connectivity index (χ3v) is 3.24. The molecule has 0 aliphatic rings. The van der Waals surface area contributed by atoms with E-state index in [1.807, 2.05) is 0 Å². The average molecular weight is 280 g/mol. The molecule has 0 saturated carbocycles. The molecule has 0 bridgehead atoms. The summed E-state index contributed by atoms with van der Waals surface area (Å²) in [5, 5.41) is 12.4. The molecule has 114 valence electrons. The Bertz CT molecular complexity index is 407. The van der Waals surface area contributed by atoms with E-state index >= 15 is 0 Å². The van der Waals surface area contributed by atoms with Gasteiger partial charge >= 0.3 is 0 Å². The summed E-state index contributed by atoms with van der Waals surface area (Å²) in [6, 6.07) is 0.337. The molecule has 5 nitrogen and oxygen atoms in total. The molecule has 2 N–H and O–H groups in total. The van der Waals surface area contributed by atoms with Crippen molar-refractivity contribution in [2.45, 2.75) is 53.0 Å². The highest BCUT2D eigenvalue weighted by Gasteiger charge is 2.21. The maximum absolute atomic E-state index is 9.09. The highest BCUT2D eigenvalue weighted by atomic mass is 16.3. The molecule has 0 saturated heterocycles. The molecular formula is C15H28N4O. The molecule has 0 atom stereocenters. The van der Waals surface area contributed by atoms with E-state index in [0.717, 1.165) is 36.7 Å². The molecular weight excluding hydrogens is 252 g/mol. The van der Waals surface area contributed by atoms with Crippen molar-refractivity contribution < 1.29 is 5.11 Å². The monoisotopic (exact) mass is 280 g/mol. The number of nitrogens with one attached hydrogen (secondary N) is 1. The topological polar surface area (TPSA) is 61.3 Å². The first-order chi connectivity index (χ1) is 9.52. The molecule has 0 aliphatic carbocycles. The Labute approximate surface area is 122 Å². The van der Waals surface area contributed by atoms with Crippen molar-refractivity contribution in [2.75, 3.05) is 29.9 Å². The van der Waals surface area contributed by atoms with Crippen LogP contribution >= 0.6 is 0 Å². The standard InChI is InChI=1S/C15H28N4O/c1-6-16-14-13(11(2)3)15(18-10-17-14)19(12(4)5)8-7-9-20/h10-12,20H,6-9H2,1-5H3,(H,16,17,18). The zero-order valence-electron chi connectivity index (χ0n) is 13.3. The first-order valence-electron chi connectivity index (χ1n) is 7.49. The van der Waals surface area contributed by atoms with E-state index in [0.29, 0.717) is 12.0 Å². The number of nitrogens with zero attached hydrogens (tertiary/aromatic N) is 3. The van der Waals surface area contributed by atoms with Crippen LogP contribution in [0.3, 0.4) is 0 Å². The number of anilines is 2. The zero-order chi connectivity index (χ0) is 15.1. The van der Waals surface area contributed by atoms with Crippen LogP contribution in [0.5, 0.6) is 0 Å². The van der Waals surface area contributed by atoms with Crippen molar-refractivity contribution in [3.8, 4) is 0 Å². The van der Waals surface area contributed by atoms with Crippen molar-refractivity contribution in [1.29, 1.82) is 0 Å². The van der Waals surface area contributed by atoms with Crippen LogP contribution in [0.4, 0.5) is 11.6 Å². The lowest BCUT2D eigenvalue weighted by Crippen LogP contribution is -2.34. The number of hydrogen-bond acceptors (Lipinski definition) is 5. The number of aliphatic hydroxyl groups is 1. The van der Waals surface area contributed by atoms with E-state index in [-0.39, 0.29) is 6.61 Å².